The average Bonchev–Trinajstić information content (AvgIpc) is 3.40. The largest absolute Gasteiger partial charge is 0.417 e. The Labute approximate surface area is 195 Å². The van der Waals surface area contributed by atoms with Crippen molar-refractivity contribution in [1.29, 1.82) is 0 Å². The number of thiophene rings is 2. The highest BCUT2D eigenvalue weighted by molar-refractivity contribution is 7.19. The first-order valence-corrected chi connectivity index (χ1v) is 12.1. The SMILES string of the molecule is Cc1ccc(-c2csc3nc(CN4CCN(c5ccc(C(F)(F)F)cn5)CC4)[nH]c(=O)c23)s1. The van der Waals surface area contributed by atoms with Gasteiger partial charge < -0.3 is 9.88 Å². The summed E-state index contributed by atoms with van der Waals surface area (Å²) in [6.07, 6.45) is -3.51. The summed E-state index contributed by atoms with van der Waals surface area (Å²) in [5.41, 5.74) is 0.0391. The predicted octanol–water partition coefficient (Wildman–Crippen LogP) is 4.76. The molecule has 4 aromatic heterocycles. The molecule has 0 bridgehead atoms. The van der Waals surface area contributed by atoms with Gasteiger partial charge in [0.1, 0.15) is 16.5 Å². The fourth-order valence-electron chi connectivity index (χ4n) is 3.92. The predicted molar refractivity (Wildman–Crippen MR) is 125 cm³/mol. The van der Waals surface area contributed by atoms with E-state index >= 15 is 0 Å². The van der Waals surface area contributed by atoms with E-state index < -0.39 is 11.7 Å². The summed E-state index contributed by atoms with van der Waals surface area (Å²) in [4.78, 5) is 31.6. The quantitative estimate of drug-likeness (QED) is 0.446. The normalized spacial score (nSPS) is 15.5. The van der Waals surface area contributed by atoms with E-state index in [-0.39, 0.29) is 5.56 Å². The molecule has 1 saturated heterocycles. The molecule has 6 nitrogen and oxygen atoms in total. The third-order valence-corrected chi connectivity index (χ3v) is 7.55. The van der Waals surface area contributed by atoms with Gasteiger partial charge in [0.2, 0.25) is 0 Å². The minimum Gasteiger partial charge on any atom is -0.354 e. The molecule has 0 spiro atoms. The number of hydrogen-bond donors (Lipinski definition) is 1. The van der Waals surface area contributed by atoms with Gasteiger partial charge in [0.05, 0.1) is 17.5 Å². The molecule has 1 N–H and O–H groups in total. The molecule has 4 aromatic rings. The lowest BCUT2D eigenvalue weighted by Gasteiger charge is -2.35. The van der Waals surface area contributed by atoms with E-state index in [4.69, 9.17) is 0 Å². The minimum atomic E-state index is -4.39. The Balaban J connectivity index is 1.26. The highest BCUT2D eigenvalue weighted by atomic mass is 32.1. The summed E-state index contributed by atoms with van der Waals surface area (Å²) in [5.74, 6) is 1.15. The number of piperazine rings is 1. The second-order valence-electron chi connectivity index (χ2n) is 7.92. The van der Waals surface area contributed by atoms with Crippen LogP contribution in [-0.2, 0) is 12.7 Å². The number of nitrogens with one attached hydrogen (secondary N) is 1. The van der Waals surface area contributed by atoms with Crippen LogP contribution in [0, 0.1) is 6.92 Å². The number of aryl methyl sites for hydroxylation is 1. The maximum Gasteiger partial charge on any atom is 0.417 e. The Hall–Kier alpha value is -2.76. The number of alkyl halides is 3. The topological polar surface area (TPSA) is 65.1 Å². The Kier molecular flexibility index (Phi) is 5.71. The minimum absolute atomic E-state index is 0.134. The first-order valence-electron chi connectivity index (χ1n) is 10.4. The van der Waals surface area contributed by atoms with Crippen LogP contribution in [-0.4, -0.2) is 46.0 Å². The number of aromatic nitrogens is 3. The molecule has 0 aromatic carbocycles. The summed E-state index contributed by atoms with van der Waals surface area (Å²) in [6, 6.07) is 6.54. The number of pyridine rings is 1. The molecule has 11 heteroatoms. The van der Waals surface area contributed by atoms with E-state index in [2.05, 4.69) is 19.9 Å². The molecular weight excluding hydrogens is 471 g/mol. The molecule has 0 saturated carbocycles. The molecule has 0 aliphatic carbocycles. The molecule has 1 fully saturated rings. The maximum absolute atomic E-state index is 12.8. The summed E-state index contributed by atoms with van der Waals surface area (Å²) in [5, 5.41) is 2.61. The van der Waals surface area contributed by atoms with Gasteiger partial charge in [-0.25, -0.2) is 9.97 Å². The van der Waals surface area contributed by atoms with Crippen molar-refractivity contribution in [2.75, 3.05) is 31.1 Å². The molecule has 0 amide bonds. The summed E-state index contributed by atoms with van der Waals surface area (Å²) < 4.78 is 38.2. The number of nitrogens with zero attached hydrogens (tertiary/aromatic N) is 4. The van der Waals surface area contributed by atoms with Crippen LogP contribution in [0.25, 0.3) is 20.7 Å². The number of aromatic amines is 1. The Morgan fingerprint density at radius 3 is 2.55 bits per heavy atom. The molecule has 33 heavy (non-hydrogen) atoms. The smallest absolute Gasteiger partial charge is 0.354 e. The first kappa shape index (κ1) is 22.1. The Morgan fingerprint density at radius 1 is 1.12 bits per heavy atom. The zero-order valence-electron chi connectivity index (χ0n) is 17.6. The van der Waals surface area contributed by atoms with Crippen molar-refractivity contribution in [2.24, 2.45) is 0 Å². The van der Waals surface area contributed by atoms with Crippen LogP contribution in [0.4, 0.5) is 19.0 Å². The van der Waals surface area contributed by atoms with Gasteiger partial charge in [0.15, 0.2) is 0 Å². The van der Waals surface area contributed by atoms with Gasteiger partial charge >= 0.3 is 6.18 Å². The summed E-state index contributed by atoms with van der Waals surface area (Å²) >= 11 is 3.12. The van der Waals surface area contributed by atoms with Crippen LogP contribution in [0.15, 0.2) is 40.6 Å². The highest BCUT2D eigenvalue weighted by Crippen LogP contribution is 2.35. The third-order valence-electron chi connectivity index (χ3n) is 5.64. The van der Waals surface area contributed by atoms with Gasteiger partial charge in [-0.2, -0.15) is 13.2 Å². The molecule has 1 aliphatic heterocycles. The fourth-order valence-corrected chi connectivity index (χ4v) is 5.84. The van der Waals surface area contributed by atoms with Crippen LogP contribution < -0.4 is 10.5 Å². The van der Waals surface area contributed by atoms with Gasteiger partial charge in [-0.05, 0) is 31.2 Å². The third kappa shape index (κ3) is 4.53. The number of H-pyrrole nitrogens is 1. The van der Waals surface area contributed by atoms with Crippen LogP contribution in [0.1, 0.15) is 16.3 Å². The molecule has 5 rings (SSSR count). The average molecular weight is 492 g/mol. The maximum atomic E-state index is 12.8. The van der Waals surface area contributed by atoms with Crippen LogP contribution in [0.2, 0.25) is 0 Å². The molecule has 0 atom stereocenters. The van der Waals surface area contributed by atoms with E-state index in [1.54, 1.807) is 11.3 Å². The lowest BCUT2D eigenvalue weighted by molar-refractivity contribution is -0.137. The van der Waals surface area contributed by atoms with Crippen molar-refractivity contribution in [2.45, 2.75) is 19.6 Å². The van der Waals surface area contributed by atoms with Gasteiger partial charge in [-0.1, -0.05) is 0 Å². The second-order valence-corrected chi connectivity index (χ2v) is 10.1. The zero-order chi connectivity index (χ0) is 23.2. The molecule has 1 aliphatic rings. The highest BCUT2D eigenvalue weighted by Gasteiger charge is 2.31. The van der Waals surface area contributed by atoms with Gasteiger partial charge in [-0.3, -0.25) is 9.69 Å². The van der Waals surface area contributed by atoms with Gasteiger partial charge in [0.25, 0.3) is 5.56 Å². The molecule has 172 valence electrons. The number of fused-ring (bicyclic) bond motifs is 1. The van der Waals surface area contributed by atoms with Crippen molar-refractivity contribution in [1.82, 2.24) is 19.9 Å². The zero-order valence-corrected chi connectivity index (χ0v) is 19.3. The fraction of sp³-hybridized carbons (Fsp3) is 0.318. The second kappa shape index (κ2) is 8.54. The first-order chi connectivity index (χ1) is 15.8. The van der Waals surface area contributed by atoms with Crippen molar-refractivity contribution in [3.8, 4) is 10.4 Å². The summed E-state index contributed by atoms with van der Waals surface area (Å²) in [6.45, 7) is 5.18. The van der Waals surface area contributed by atoms with E-state index in [1.165, 1.54) is 22.3 Å². The van der Waals surface area contributed by atoms with Gasteiger partial charge in [-0.15, -0.1) is 22.7 Å². The number of rotatable bonds is 4. The van der Waals surface area contributed by atoms with Crippen molar-refractivity contribution in [3.63, 3.8) is 0 Å². The lowest BCUT2D eigenvalue weighted by Crippen LogP contribution is -2.46. The standard InChI is InChI=1S/C22H20F3N5OS2/c1-13-2-4-16(33-13)15-12-32-21-19(15)20(31)27-17(28-21)11-29-6-8-30(9-7-29)18-5-3-14(10-26-18)22(23,24)25/h2-5,10,12H,6-9,11H2,1H3,(H,27,28,31). The van der Waals surface area contributed by atoms with Crippen molar-refractivity contribution >= 4 is 38.7 Å². The number of anilines is 1. The summed E-state index contributed by atoms with van der Waals surface area (Å²) in [7, 11) is 0. The molecule has 0 unspecified atom stereocenters. The number of halogens is 3. The molecule has 5 heterocycles. The van der Waals surface area contributed by atoms with Gasteiger partial charge in [0, 0.05) is 53.1 Å². The molecular formula is C22H20F3N5OS2. The van der Waals surface area contributed by atoms with Crippen LogP contribution in [0.5, 0.6) is 0 Å². The van der Waals surface area contributed by atoms with E-state index in [9.17, 15) is 18.0 Å². The monoisotopic (exact) mass is 491 g/mol. The lowest BCUT2D eigenvalue weighted by atomic mass is 10.2. The van der Waals surface area contributed by atoms with E-state index in [0.717, 1.165) is 27.5 Å². The van der Waals surface area contributed by atoms with E-state index in [1.807, 2.05) is 29.3 Å². The Morgan fingerprint density at radius 2 is 1.91 bits per heavy atom. The molecule has 0 radical (unpaired) electrons. The van der Waals surface area contributed by atoms with E-state index in [0.29, 0.717) is 49.8 Å². The number of hydrogen-bond acceptors (Lipinski definition) is 7. The van der Waals surface area contributed by atoms with Crippen LogP contribution >= 0.6 is 22.7 Å². The Bertz CT molecular complexity index is 1330. The van der Waals surface area contributed by atoms with Crippen LogP contribution in [0.3, 0.4) is 0 Å². The van der Waals surface area contributed by atoms with Crippen molar-refractivity contribution in [3.05, 3.63) is 62.5 Å². The van der Waals surface area contributed by atoms with Crippen molar-refractivity contribution < 1.29 is 13.2 Å².